The number of nitrogens with zero attached hydrogens (tertiary/aromatic N) is 3. The van der Waals surface area contributed by atoms with E-state index in [2.05, 4.69) is 25.6 Å². The van der Waals surface area contributed by atoms with Crippen LogP contribution in [0, 0.1) is 12.8 Å². The maximum Gasteiger partial charge on any atom is 0.410 e. The number of ether oxygens (including phenoxy) is 2. The van der Waals surface area contributed by atoms with E-state index >= 15 is 0 Å². The van der Waals surface area contributed by atoms with Crippen molar-refractivity contribution in [3.63, 3.8) is 0 Å². The number of hydrogen-bond donors (Lipinski definition) is 3. The number of carbonyl (C=O) groups excluding carboxylic acids is 1. The van der Waals surface area contributed by atoms with Gasteiger partial charge in [-0.3, -0.25) is 15.1 Å². The van der Waals surface area contributed by atoms with Gasteiger partial charge in [0.1, 0.15) is 27.6 Å². The second-order valence-corrected chi connectivity index (χ2v) is 13.5. The summed E-state index contributed by atoms with van der Waals surface area (Å²) in [5.41, 5.74) is -0.0741. The van der Waals surface area contributed by atoms with E-state index in [0.717, 1.165) is 12.8 Å². The number of nitrogens with one attached hydrogen (secondary N) is 2. The van der Waals surface area contributed by atoms with E-state index in [1.165, 1.54) is 20.0 Å². The minimum atomic E-state index is -3.93. The summed E-state index contributed by atoms with van der Waals surface area (Å²) in [6.45, 7) is 6.90. The van der Waals surface area contributed by atoms with Gasteiger partial charge in [-0.2, -0.15) is 0 Å². The van der Waals surface area contributed by atoms with Gasteiger partial charge >= 0.3 is 6.09 Å². The van der Waals surface area contributed by atoms with Crippen molar-refractivity contribution in [2.75, 3.05) is 18.5 Å². The monoisotopic (exact) mass is 557 g/mol. The average molecular weight is 558 g/mol. The lowest BCUT2D eigenvalue weighted by Gasteiger charge is -2.44. The number of aryl methyl sites for hydroxylation is 1. The molecule has 13 heteroatoms. The van der Waals surface area contributed by atoms with Gasteiger partial charge in [-0.15, -0.1) is 0 Å². The third-order valence-electron chi connectivity index (χ3n) is 7.58. The van der Waals surface area contributed by atoms with Crippen LogP contribution in [0.25, 0.3) is 0 Å². The number of aliphatic imine (C=N–C) groups is 1. The van der Waals surface area contributed by atoms with Crippen molar-refractivity contribution in [1.82, 2.24) is 15.3 Å². The maximum absolute atomic E-state index is 13.8. The Labute approximate surface area is 226 Å². The van der Waals surface area contributed by atoms with Crippen LogP contribution in [0.2, 0.25) is 0 Å². The van der Waals surface area contributed by atoms with Crippen LogP contribution < -0.4 is 20.1 Å². The highest BCUT2D eigenvalue weighted by molar-refractivity contribution is 7.94. The molecular weight excluding hydrogens is 526 g/mol. The topological polar surface area (TPSA) is 169 Å². The Morgan fingerprint density at radius 2 is 1.92 bits per heavy atom. The van der Waals surface area contributed by atoms with Gasteiger partial charge in [-0.05, 0) is 64.7 Å². The summed E-state index contributed by atoms with van der Waals surface area (Å²) in [4.78, 5) is 37.8. The standard InChI is InChI=1S/C26H31N5O7S/c1-14-21(27-12-20(28-14)38-13-15-5-6-15)22(32)29-16-7-8-18-17(11-16)26(4)19(9-10-37-18)39(35,36)25(2,3)23(31-26)30-24(33)34/h7-8,11-12,15,19H,5-6,9-10,13H2,1-4H3,(H,29,32)(H,30,31)(H,33,34)/t19-,26-/m1/s1. The van der Waals surface area contributed by atoms with Gasteiger partial charge in [0.2, 0.25) is 5.88 Å². The van der Waals surface area contributed by atoms with Gasteiger partial charge in [-0.25, -0.2) is 23.2 Å². The van der Waals surface area contributed by atoms with Crippen molar-refractivity contribution in [2.24, 2.45) is 10.9 Å². The molecule has 3 aliphatic rings. The van der Waals surface area contributed by atoms with Crippen molar-refractivity contribution in [3.05, 3.63) is 41.3 Å². The number of rotatable bonds is 5. The van der Waals surface area contributed by atoms with E-state index in [4.69, 9.17) is 9.47 Å². The minimum Gasteiger partial charge on any atom is -0.493 e. The lowest BCUT2D eigenvalue weighted by Crippen LogP contribution is -2.61. The van der Waals surface area contributed by atoms with Gasteiger partial charge in [0.05, 0.1) is 30.4 Å². The third-order valence-corrected chi connectivity index (χ3v) is 10.6. The molecule has 1 fully saturated rings. The molecule has 2 amide bonds. The van der Waals surface area contributed by atoms with E-state index < -0.39 is 37.4 Å². The van der Waals surface area contributed by atoms with Gasteiger partial charge in [0, 0.05) is 17.7 Å². The SMILES string of the molecule is Cc1nc(OCC2CC2)cnc1C(=O)Nc1ccc2c(c1)[C@@]1(C)N=C(NC(=O)O)C(C)(C)S(=O)(=O)[C@@H]1CCO2. The Morgan fingerprint density at radius 1 is 1.18 bits per heavy atom. The van der Waals surface area contributed by atoms with Crippen molar-refractivity contribution in [3.8, 4) is 11.6 Å². The Balaban J connectivity index is 1.48. The second kappa shape index (κ2) is 9.47. The fraction of sp³-hybridized carbons (Fsp3) is 0.500. The highest BCUT2D eigenvalue weighted by Gasteiger charge is 2.58. The van der Waals surface area contributed by atoms with Crippen molar-refractivity contribution >= 4 is 33.4 Å². The number of sulfone groups is 1. The van der Waals surface area contributed by atoms with E-state index in [0.29, 0.717) is 41.1 Å². The number of amidine groups is 1. The molecule has 2 aromatic rings. The zero-order chi connectivity index (χ0) is 28.2. The molecule has 1 aliphatic carbocycles. The first-order chi connectivity index (χ1) is 18.3. The molecule has 12 nitrogen and oxygen atoms in total. The molecule has 0 spiro atoms. The molecular formula is C26H31N5O7S. The summed E-state index contributed by atoms with van der Waals surface area (Å²) in [5.74, 6) is 0.644. The normalized spacial score (nSPS) is 24.6. The Bertz CT molecular complexity index is 1490. The smallest absolute Gasteiger partial charge is 0.410 e. The number of anilines is 1. The second-order valence-electron chi connectivity index (χ2n) is 10.8. The molecule has 1 aromatic carbocycles. The van der Waals surface area contributed by atoms with E-state index in [1.807, 2.05) is 0 Å². The van der Waals surface area contributed by atoms with Crippen molar-refractivity contribution in [2.45, 2.75) is 62.5 Å². The molecule has 1 saturated carbocycles. The van der Waals surface area contributed by atoms with E-state index in [-0.39, 0.29) is 24.6 Å². The molecule has 208 valence electrons. The lowest BCUT2D eigenvalue weighted by atomic mass is 9.86. The summed E-state index contributed by atoms with van der Waals surface area (Å²) in [5, 5.41) is 13.4. The highest BCUT2D eigenvalue weighted by atomic mass is 32.2. The summed E-state index contributed by atoms with van der Waals surface area (Å²) < 4.78 is 37.5. The van der Waals surface area contributed by atoms with Gasteiger partial charge in [0.15, 0.2) is 9.84 Å². The van der Waals surface area contributed by atoms with Crippen LogP contribution in [0.3, 0.4) is 0 Å². The minimum absolute atomic E-state index is 0.122. The zero-order valence-electron chi connectivity index (χ0n) is 22.1. The molecule has 0 bridgehead atoms. The first kappa shape index (κ1) is 26.9. The van der Waals surface area contributed by atoms with Gasteiger partial charge < -0.3 is 19.9 Å². The Morgan fingerprint density at radius 3 is 2.59 bits per heavy atom. The first-order valence-corrected chi connectivity index (χ1v) is 14.3. The molecule has 0 radical (unpaired) electrons. The molecule has 0 unspecified atom stereocenters. The largest absolute Gasteiger partial charge is 0.493 e. The van der Waals surface area contributed by atoms with Gasteiger partial charge in [0.25, 0.3) is 5.91 Å². The molecule has 39 heavy (non-hydrogen) atoms. The van der Waals surface area contributed by atoms with Crippen LogP contribution >= 0.6 is 0 Å². The summed E-state index contributed by atoms with van der Waals surface area (Å²) in [6.07, 6.45) is 2.45. The van der Waals surface area contributed by atoms with Gasteiger partial charge in [-0.1, -0.05) is 0 Å². The number of hydrogen-bond acceptors (Lipinski definition) is 9. The summed E-state index contributed by atoms with van der Waals surface area (Å²) >= 11 is 0. The van der Waals surface area contributed by atoms with Crippen molar-refractivity contribution < 1.29 is 32.6 Å². The molecule has 2 atom stereocenters. The van der Waals surface area contributed by atoms with Crippen LogP contribution in [0.1, 0.15) is 61.8 Å². The highest BCUT2D eigenvalue weighted by Crippen LogP contribution is 2.48. The Hall–Kier alpha value is -3.74. The Kier molecular flexibility index (Phi) is 6.52. The van der Waals surface area contributed by atoms with Crippen LogP contribution in [0.5, 0.6) is 11.6 Å². The summed E-state index contributed by atoms with van der Waals surface area (Å²) in [6, 6.07) is 4.88. The third kappa shape index (κ3) is 4.79. The molecule has 3 N–H and O–H groups in total. The molecule has 2 aliphatic heterocycles. The van der Waals surface area contributed by atoms with Crippen LogP contribution in [-0.2, 0) is 15.4 Å². The molecule has 0 saturated heterocycles. The molecule has 1 aromatic heterocycles. The predicted molar refractivity (Wildman–Crippen MR) is 142 cm³/mol. The number of carbonyl (C=O) groups is 2. The predicted octanol–water partition coefficient (Wildman–Crippen LogP) is 3.07. The summed E-state index contributed by atoms with van der Waals surface area (Å²) in [7, 11) is -3.93. The fourth-order valence-electron chi connectivity index (χ4n) is 5.02. The number of fused-ring (bicyclic) bond motifs is 3. The van der Waals surface area contributed by atoms with E-state index in [1.54, 1.807) is 32.0 Å². The number of carboxylic acid groups (broad SMARTS) is 1. The number of benzene rings is 1. The number of amides is 2. The molecule has 3 heterocycles. The first-order valence-electron chi connectivity index (χ1n) is 12.7. The maximum atomic E-state index is 13.8. The van der Waals surface area contributed by atoms with Crippen LogP contribution in [0.15, 0.2) is 29.4 Å². The van der Waals surface area contributed by atoms with Crippen LogP contribution in [-0.4, -0.2) is 64.5 Å². The lowest BCUT2D eigenvalue weighted by molar-refractivity contribution is 0.102. The zero-order valence-corrected chi connectivity index (χ0v) is 23.0. The fourth-order valence-corrected chi connectivity index (χ4v) is 7.28. The van der Waals surface area contributed by atoms with Crippen molar-refractivity contribution in [1.29, 1.82) is 0 Å². The van der Waals surface area contributed by atoms with E-state index in [9.17, 15) is 23.1 Å². The quantitative estimate of drug-likeness (QED) is 0.500. The average Bonchev–Trinajstić information content (AvgIpc) is 3.69. The molecule has 5 rings (SSSR count). The van der Waals surface area contributed by atoms with Crippen LogP contribution in [0.4, 0.5) is 10.5 Å². The number of aromatic nitrogens is 2.